The van der Waals surface area contributed by atoms with Gasteiger partial charge in [0.1, 0.15) is 0 Å². The lowest BCUT2D eigenvalue weighted by Crippen LogP contribution is -2.28. The Hall–Kier alpha value is -2.59. The van der Waals surface area contributed by atoms with Crippen LogP contribution in [0.25, 0.3) is 0 Å². The van der Waals surface area contributed by atoms with E-state index in [1.807, 2.05) is 6.92 Å². The van der Waals surface area contributed by atoms with Gasteiger partial charge in [0.2, 0.25) is 0 Å². The summed E-state index contributed by atoms with van der Waals surface area (Å²) >= 11 is 0. The molecule has 1 unspecified atom stereocenters. The number of rotatable bonds is 7. The van der Waals surface area contributed by atoms with Gasteiger partial charge in [0.05, 0.1) is 25.2 Å². The van der Waals surface area contributed by atoms with E-state index in [0.29, 0.717) is 13.0 Å². The predicted octanol–water partition coefficient (Wildman–Crippen LogP) is 4.10. The zero-order valence-corrected chi connectivity index (χ0v) is 16.4. The summed E-state index contributed by atoms with van der Waals surface area (Å²) in [5.74, 6) is 2.33. The van der Waals surface area contributed by atoms with Crippen molar-refractivity contribution in [2.75, 3.05) is 6.61 Å². The standard InChI is InChI=1S/C24H24NOP/c1-21(17-18-25)26-19-20-27(22-11-5-2-6-12-22,23-13-7-3-8-14-23)24-15-9-4-10-16-24/h2-16,20-21H,17,19H2,1H3. The molecule has 3 rings (SSSR count). The van der Waals surface area contributed by atoms with Crippen LogP contribution in [0.15, 0.2) is 91.0 Å². The maximum absolute atomic E-state index is 8.90. The molecule has 0 heterocycles. The molecule has 2 nitrogen and oxygen atoms in total. The average Bonchev–Trinajstić information content (AvgIpc) is 2.73. The van der Waals surface area contributed by atoms with Crippen molar-refractivity contribution in [3.8, 4) is 6.07 Å². The van der Waals surface area contributed by atoms with Gasteiger partial charge < -0.3 is 4.74 Å². The zero-order valence-electron chi connectivity index (χ0n) is 15.5. The van der Waals surface area contributed by atoms with Crippen LogP contribution in [0.3, 0.4) is 0 Å². The molecule has 0 fully saturated rings. The number of benzene rings is 3. The minimum atomic E-state index is -1.96. The molecule has 1 atom stereocenters. The van der Waals surface area contributed by atoms with Crippen LogP contribution in [-0.4, -0.2) is 18.5 Å². The smallest absolute Gasteiger partial charge is 0.0681 e. The van der Waals surface area contributed by atoms with Gasteiger partial charge in [-0.3, -0.25) is 0 Å². The highest BCUT2D eigenvalue weighted by Gasteiger charge is 2.24. The molecule has 0 aromatic heterocycles. The summed E-state index contributed by atoms with van der Waals surface area (Å²) in [7, 11) is 0. The molecule has 0 saturated heterocycles. The average molecular weight is 373 g/mol. The molecule has 0 spiro atoms. The van der Waals surface area contributed by atoms with Gasteiger partial charge in [0, 0.05) is 0 Å². The molecular formula is C24H24NOP. The molecular weight excluding hydrogens is 349 g/mol. The Labute approximate surface area is 162 Å². The number of ether oxygens (including phenoxy) is 1. The molecule has 0 aliphatic rings. The second-order valence-electron chi connectivity index (χ2n) is 6.42. The molecule has 0 saturated carbocycles. The number of hydrogen-bond acceptors (Lipinski definition) is 2. The number of nitriles is 1. The van der Waals surface area contributed by atoms with E-state index in [9.17, 15) is 0 Å². The van der Waals surface area contributed by atoms with Crippen molar-refractivity contribution in [3.05, 3.63) is 91.0 Å². The highest BCUT2D eigenvalue weighted by atomic mass is 31.2. The van der Waals surface area contributed by atoms with Crippen LogP contribution in [0.1, 0.15) is 13.3 Å². The fourth-order valence-corrected chi connectivity index (χ4v) is 7.02. The molecule has 0 aliphatic heterocycles. The molecule has 3 aromatic carbocycles. The molecule has 3 heteroatoms. The first-order valence-electron chi connectivity index (χ1n) is 9.16. The van der Waals surface area contributed by atoms with Gasteiger partial charge in [-0.25, -0.2) is 0 Å². The van der Waals surface area contributed by atoms with E-state index in [1.165, 1.54) is 15.9 Å². The van der Waals surface area contributed by atoms with Gasteiger partial charge in [-0.2, -0.15) is 5.26 Å². The van der Waals surface area contributed by atoms with E-state index >= 15 is 0 Å². The molecule has 27 heavy (non-hydrogen) atoms. The summed E-state index contributed by atoms with van der Waals surface area (Å²) in [6, 6.07) is 34.2. The normalized spacial score (nSPS) is 12.1. The molecule has 3 aromatic rings. The Kier molecular flexibility index (Phi) is 6.66. The van der Waals surface area contributed by atoms with Gasteiger partial charge in [-0.15, -0.1) is 0 Å². The van der Waals surface area contributed by atoms with E-state index in [2.05, 4.69) is 103 Å². The van der Waals surface area contributed by atoms with Crippen LogP contribution in [0.4, 0.5) is 0 Å². The predicted molar refractivity (Wildman–Crippen MR) is 117 cm³/mol. The van der Waals surface area contributed by atoms with Crippen molar-refractivity contribution in [2.45, 2.75) is 19.4 Å². The molecule has 0 N–H and O–H groups in total. The Bertz CT molecular complexity index is 827. The Morgan fingerprint density at radius 3 is 1.59 bits per heavy atom. The van der Waals surface area contributed by atoms with Crippen molar-refractivity contribution in [1.29, 1.82) is 5.26 Å². The van der Waals surface area contributed by atoms with Crippen molar-refractivity contribution >= 4 is 28.6 Å². The first kappa shape index (κ1) is 19.2. The fourth-order valence-electron chi connectivity index (χ4n) is 3.26. The minimum Gasteiger partial charge on any atom is -0.373 e. The SMILES string of the molecule is CC(CC#N)OCC=P(c1ccccc1)(c1ccccc1)c1ccccc1. The van der Waals surface area contributed by atoms with Gasteiger partial charge in [-0.05, 0) is 35.5 Å². The third kappa shape index (κ3) is 4.40. The summed E-state index contributed by atoms with van der Waals surface area (Å²) in [6.45, 7) is 0.497. The van der Waals surface area contributed by atoms with E-state index in [-0.39, 0.29) is 6.10 Å². The number of nitrogens with zero attached hydrogens (tertiary/aromatic N) is 1. The lowest BCUT2D eigenvalue weighted by molar-refractivity contribution is 0.102. The summed E-state index contributed by atoms with van der Waals surface area (Å²) in [5, 5.41) is 12.8. The van der Waals surface area contributed by atoms with Crippen LogP contribution >= 0.6 is 6.89 Å². The molecule has 0 aliphatic carbocycles. The highest BCUT2D eigenvalue weighted by molar-refractivity contribution is 7.94. The van der Waals surface area contributed by atoms with E-state index < -0.39 is 6.89 Å². The Morgan fingerprint density at radius 1 is 0.815 bits per heavy atom. The van der Waals surface area contributed by atoms with Gasteiger partial charge >= 0.3 is 0 Å². The third-order valence-corrected chi connectivity index (χ3v) is 8.63. The van der Waals surface area contributed by atoms with Gasteiger partial charge in [-0.1, -0.05) is 91.0 Å². The fraction of sp³-hybridized carbons (Fsp3) is 0.167. The minimum absolute atomic E-state index is 0.0736. The van der Waals surface area contributed by atoms with Crippen molar-refractivity contribution in [2.24, 2.45) is 0 Å². The zero-order chi connectivity index (χ0) is 19.0. The lowest BCUT2D eigenvalue weighted by atomic mass is 10.3. The van der Waals surface area contributed by atoms with Crippen LogP contribution in [0.2, 0.25) is 0 Å². The van der Waals surface area contributed by atoms with Crippen LogP contribution in [0.5, 0.6) is 0 Å². The monoisotopic (exact) mass is 373 g/mol. The van der Waals surface area contributed by atoms with Crippen molar-refractivity contribution in [1.82, 2.24) is 0 Å². The van der Waals surface area contributed by atoms with E-state index in [4.69, 9.17) is 10.00 Å². The highest BCUT2D eigenvalue weighted by Crippen LogP contribution is 2.43. The topological polar surface area (TPSA) is 33.0 Å². The largest absolute Gasteiger partial charge is 0.373 e. The summed E-state index contributed by atoms with van der Waals surface area (Å²) in [4.78, 5) is 0. The maximum Gasteiger partial charge on any atom is 0.0681 e. The van der Waals surface area contributed by atoms with Crippen molar-refractivity contribution < 1.29 is 4.74 Å². The molecule has 0 amide bonds. The third-order valence-electron chi connectivity index (χ3n) is 4.60. The van der Waals surface area contributed by atoms with Crippen LogP contribution in [-0.2, 0) is 4.74 Å². The number of hydrogen-bond donors (Lipinski definition) is 0. The molecule has 136 valence electrons. The first-order chi connectivity index (χ1) is 13.3. The maximum atomic E-state index is 8.90. The summed E-state index contributed by atoms with van der Waals surface area (Å²) in [5.41, 5.74) is 0. The first-order valence-corrected chi connectivity index (χ1v) is 11.0. The summed E-state index contributed by atoms with van der Waals surface area (Å²) < 4.78 is 5.95. The quantitative estimate of drug-likeness (QED) is 0.584. The van der Waals surface area contributed by atoms with Crippen LogP contribution < -0.4 is 15.9 Å². The van der Waals surface area contributed by atoms with Gasteiger partial charge in [0.15, 0.2) is 0 Å². The molecule has 0 radical (unpaired) electrons. The van der Waals surface area contributed by atoms with E-state index in [0.717, 1.165) is 0 Å². The Balaban J connectivity index is 2.19. The molecule has 0 bridgehead atoms. The van der Waals surface area contributed by atoms with E-state index in [1.54, 1.807) is 0 Å². The van der Waals surface area contributed by atoms with Gasteiger partial charge in [0.25, 0.3) is 0 Å². The van der Waals surface area contributed by atoms with Crippen molar-refractivity contribution in [3.63, 3.8) is 0 Å². The second-order valence-corrected chi connectivity index (χ2v) is 9.78. The summed E-state index contributed by atoms with van der Waals surface area (Å²) in [6.07, 6.45) is 0.330. The second kappa shape index (κ2) is 9.38. The Morgan fingerprint density at radius 2 is 1.22 bits per heavy atom. The van der Waals surface area contributed by atoms with Crippen LogP contribution in [0, 0.1) is 11.3 Å². The lowest BCUT2D eigenvalue weighted by Gasteiger charge is -2.29.